The van der Waals surface area contributed by atoms with Gasteiger partial charge in [0.2, 0.25) is 5.76 Å². The van der Waals surface area contributed by atoms with Gasteiger partial charge in [-0.3, -0.25) is 4.79 Å². The van der Waals surface area contributed by atoms with E-state index < -0.39 is 0 Å². The Balaban J connectivity index is 1.52. The zero-order valence-electron chi connectivity index (χ0n) is 14.8. The summed E-state index contributed by atoms with van der Waals surface area (Å²) in [6.45, 7) is 3.65. The monoisotopic (exact) mass is 360 g/mol. The lowest BCUT2D eigenvalue weighted by Gasteiger charge is -2.07. The minimum atomic E-state index is -0.367. The average molecular weight is 360 g/mol. The minimum Gasteiger partial charge on any atom is -0.350 e. The molecule has 0 fully saturated rings. The number of aryl methyl sites for hydroxylation is 2. The molecule has 0 bridgehead atoms. The highest BCUT2D eigenvalue weighted by atomic mass is 16.5. The number of amides is 1. The first-order valence-corrected chi connectivity index (χ1v) is 8.35. The average Bonchev–Trinajstić information content (AvgIpc) is 3.33. The molecule has 0 unspecified atom stereocenters. The van der Waals surface area contributed by atoms with Crippen molar-refractivity contribution in [1.29, 1.82) is 0 Å². The van der Waals surface area contributed by atoms with Gasteiger partial charge in [-0.25, -0.2) is 0 Å². The number of carbonyl (C=O) groups excluding carboxylic acids is 1. The zero-order chi connectivity index (χ0) is 18.8. The predicted octanol–water partition coefficient (Wildman–Crippen LogP) is 4.26. The lowest BCUT2D eigenvalue weighted by atomic mass is 10.1. The third-order valence-corrected chi connectivity index (χ3v) is 4.05. The van der Waals surface area contributed by atoms with Crippen LogP contribution in [0.4, 0.5) is 5.69 Å². The van der Waals surface area contributed by atoms with E-state index in [1.54, 1.807) is 19.1 Å². The van der Waals surface area contributed by atoms with E-state index >= 15 is 0 Å². The lowest BCUT2D eigenvalue weighted by molar-refractivity contribution is 0.0988. The fourth-order valence-electron chi connectivity index (χ4n) is 2.66. The second-order valence-corrected chi connectivity index (χ2v) is 6.07. The molecule has 4 aromatic rings. The van der Waals surface area contributed by atoms with Crippen LogP contribution in [0.1, 0.15) is 21.9 Å². The number of hydrogen-bond acceptors (Lipinski definition) is 6. The molecule has 0 aliphatic carbocycles. The van der Waals surface area contributed by atoms with Gasteiger partial charge in [0.25, 0.3) is 11.8 Å². The van der Waals surface area contributed by atoms with E-state index in [9.17, 15) is 4.79 Å². The molecule has 2 aromatic heterocycles. The number of anilines is 1. The minimum absolute atomic E-state index is 0.143. The van der Waals surface area contributed by atoms with Crippen molar-refractivity contribution < 1.29 is 13.8 Å². The number of aromatic nitrogens is 3. The van der Waals surface area contributed by atoms with Crippen molar-refractivity contribution in [2.24, 2.45) is 0 Å². The topological polar surface area (TPSA) is 94.1 Å². The van der Waals surface area contributed by atoms with Crippen LogP contribution in [0.25, 0.3) is 22.7 Å². The molecular formula is C20H16N4O3. The molecule has 0 atom stereocenters. The van der Waals surface area contributed by atoms with Gasteiger partial charge in [0.15, 0.2) is 5.82 Å². The smallest absolute Gasteiger partial charge is 0.294 e. The van der Waals surface area contributed by atoms with E-state index in [0.29, 0.717) is 23.1 Å². The van der Waals surface area contributed by atoms with Crippen LogP contribution in [0.15, 0.2) is 63.6 Å². The molecule has 2 heterocycles. The van der Waals surface area contributed by atoms with Gasteiger partial charge in [-0.05, 0) is 37.6 Å². The molecule has 7 heteroatoms. The molecule has 27 heavy (non-hydrogen) atoms. The van der Waals surface area contributed by atoms with E-state index in [4.69, 9.17) is 9.05 Å². The Labute approximate surface area is 155 Å². The summed E-state index contributed by atoms with van der Waals surface area (Å²) in [6.07, 6.45) is 0. The Morgan fingerprint density at radius 1 is 0.926 bits per heavy atom. The fourth-order valence-corrected chi connectivity index (χ4v) is 2.66. The van der Waals surface area contributed by atoms with Crippen molar-refractivity contribution in [3.8, 4) is 22.7 Å². The van der Waals surface area contributed by atoms with Gasteiger partial charge in [0.05, 0.1) is 0 Å². The normalized spacial score (nSPS) is 10.7. The Morgan fingerprint density at radius 3 is 2.44 bits per heavy atom. The highest BCUT2D eigenvalue weighted by molar-refractivity contribution is 6.03. The van der Waals surface area contributed by atoms with Crippen LogP contribution in [0, 0.1) is 13.8 Å². The summed E-state index contributed by atoms with van der Waals surface area (Å²) in [5.41, 5.74) is 3.81. The standard InChI is InChI=1S/C20H16N4O3/c1-12-10-15(20-21-13(2)23-27-20)8-9-16(12)22-19(25)18-11-17(24-26-18)14-6-4-3-5-7-14/h3-11H,1-2H3,(H,22,25). The van der Waals surface area contributed by atoms with Gasteiger partial charge in [-0.2, -0.15) is 4.98 Å². The van der Waals surface area contributed by atoms with Gasteiger partial charge in [0.1, 0.15) is 5.69 Å². The van der Waals surface area contributed by atoms with Crippen molar-refractivity contribution in [2.45, 2.75) is 13.8 Å². The van der Waals surface area contributed by atoms with Crippen molar-refractivity contribution in [3.05, 3.63) is 71.7 Å². The number of benzene rings is 2. The molecule has 0 aliphatic rings. The third kappa shape index (κ3) is 3.48. The number of carbonyl (C=O) groups is 1. The van der Waals surface area contributed by atoms with Crippen LogP contribution in [0.2, 0.25) is 0 Å². The highest BCUT2D eigenvalue weighted by Gasteiger charge is 2.16. The van der Waals surface area contributed by atoms with E-state index in [1.807, 2.05) is 49.4 Å². The van der Waals surface area contributed by atoms with Crippen molar-refractivity contribution in [3.63, 3.8) is 0 Å². The molecule has 4 rings (SSSR count). The summed E-state index contributed by atoms with van der Waals surface area (Å²) in [5.74, 6) is 0.787. The second kappa shape index (κ2) is 6.87. The van der Waals surface area contributed by atoms with Gasteiger partial charge in [0, 0.05) is 22.9 Å². The maximum absolute atomic E-state index is 12.5. The summed E-state index contributed by atoms with van der Waals surface area (Å²) in [6, 6.07) is 16.6. The van der Waals surface area contributed by atoms with Crippen LogP contribution >= 0.6 is 0 Å². The Hall–Kier alpha value is -3.74. The maximum Gasteiger partial charge on any atom is 0.294 e. The lowest BCUT2D eigenvalue weighted by Crippen LogP contribution is -2.11. The predicted molar refractivity (Wildman–Crippen MR) is 99.1 cm³/mol. The first kappa shape index (κ1) is 16.7. The number of rotatable bonds is 4. The summed E-state index contributed by atoms with van der Waals surface area (Å²) >= 11 is 0. The molecular weight excluding hydrogens is 344 g/mol. The molecule has 1 amide bonds. The summed E-state index contributed by atoms with van der Waals surface area (Å²) in [4.78, 5) is 16.7. The second-order valence-electron chi connectivity index (χ2n) is 6.07. The molecule has 0 saturated carbocycles. The summed E-state index contributed by atoms with van der Waals surface area (Å²) in [7, 11) is 0. The first-order valence-electron chi connectivity index (χ1n) is 8.35. The van der Waals surface area contributed by atoms with Gasteiger partial charge >= 0.3 is 0 Å². The summed E-state index contributed by atoms with van der Waals surface area (Å²) < 4.78 is 10.4. The van der Waals surface area contributed by atoms with Crippen LogP contribution in [0.3, 0.4) is 0 Å². The van der Waals surface area contributed by atoms with Crippen LogP contribution in [-0.4, -0.2) is 21.2 Å². The molecule has 0 saturated heterocycles. The van der Waals surface area contributed by atoms with Crippen molar-refractivity contribution >= 4 is 11.6 Å². The molecule has 0 aliphatic heterocycles. The van der Waals surface area contributed by atoms with Crippen LogP contribution < -0.4 is 5.32 Å². The Morgan fingerprint density at radius 2 is 1.74 bits per heavy atom. The van der Waals surface area contributed by atoms with Gasteiger partial charge in [-0.15, -0.1) is 0 Å². The fraction of sp³-hybridized carbons (Fsp3) is 0.100. The Bertz CT molecular complexity index is 1100. The van der Waals surface area contributed by atoms with Crippen molar-refractivity contribution in [1.82, 2.24) is 15.3 Å². The van der Waals surface area contributed by atoms with E-state index in [1.165, 1.54) is 0 Å². The van der Waals surface area contributed by atoms with E-state index in [-0.39, 0.29) is 11.7 Å². The highest BCUT2D eigenvalue weighted by Crippen LogP contribution is 2.25. The number of nitrogens with zero attached hydrogens (tertiary/aromatic N) is 3. The molecule has 7 nitrogen and oxygen atoms in total. The molecule has 0 spiro atoms. The first-order chi connectivity index (χ1) is 13.1. The maximum atomic E-state index is 12.5. The largest absolute Gasteiger partial charge is 0.350 e. The summed E-state index contributed by atoms with van der Waals surface area (Å²) in [5, 5.41) is 10.6. The molecule has 0 radical (unpaired) electrons. The molecule has 2 aromatic carbocycles. The number of nitrogens with one attached hydrogen (secondary N) is 1. The molecule has 134 valence electrons. The van der Waals surface area contributed by atoms with Crippen LogP contribution in [0.5, 0.6) is 0 Å². The zero-order valence-corrected chi connectivity index (χ0v) is 14.8. The van der Waals surface area contributed by atoms with Gasteiger partial charge < -0.3 is 14.4 Å². The Kier molecular flexibility index (Phi) is 4.25. The van der Waals surface area contributed by atoms with Gasteiger partial charge in [-0.1, -0.05) is 40.6 Å². The molecule has 1 N–H and O–H groups in total. The quantitative estimate of drug-likeness (QED) is 0.584. The van der Waals surface area contributed by atoms with E-state index in [0.717, 1.165) is 16.7 Å². The number of hydrogen-bond donors (Lipinski definition) is 1. The third-order valence-electron chi connectivity index (χ3n) is 4.05. The van der Waals surface area contributed by atoms with Crippen molar-refractivity contribution in [2.75, 3.05) is 5.32 Å². The van der Waals surface area contributed by atoms with Crippen LogP contribution in [-0.2, 0) is 0 Å². The SMILES string of the molecule is Cc1noc(-c2ccc(NC(=O)c3cc(-c4ccccc4)no3)c(C)c2)n1. The van der Waals surface area contributed by atoms with E-state index in [2.05, 4.69) is 20.6 Å².